The van der Waals surface area contributed by atoms with E-state index in [-0.39, 0.29) is 5.41 Å². The number of rotatable bonds is 1. The first kappa shape index (κ1) is 8.79. The normalized spacial score (nSPS) is 25.4. The molecule has 1 aliphatic carbocycles. The smallest absolute Gasteiger partial charge is 0.228 e. The van der Waals surface area contributed by atoms with Gasteiger partial charge in [-0.2, -0.15) is 0 Å². The van der Waals surface area contributed by atoms with Gasteiger partial charge in [0.2, 0.25) is 5.91 Å². The molecule has 0 radical (unpaired) electrons. The lowest BCUT2D eigenvalue weighted by atomic mass is 10.1. The van der Waals surface area contributed by atoms with E-state index in [0.717, 1.165) is 32.4 Å². The zero-order chi connectivity index (χ0) is 9.47. The Hall–Kier alpha value is -0.790. The summed E-state index contributed by atoms with van der Waals surface area (Å²) < 4.78 is 0. The lowest BCUT2D eigenvalue weighted by Crippen LogP contribution is -2.38. The minimum atomic E-state index is 0.0130. The molecule has 2 nitrogen and oxygen atoms in total. The Morgan fingerprint density at radius 2 is 2.23 bits per heavy atom. The second kappa shape index (κ2) is 2.86. The van der Waals surface area contributed by atoms with Crippen LogP contribution >= 0.6 is 0 Å². The van der Waals surface area contributed by atoms with E-state index < -0.39 is 0 Å². The van der Waals surface area contributed by atoms with Gasteiger partial charge in [-0.15, -0.1) is 0 Å². The molecule has 0 unspecified atom stereocenters. The van der Waals surface area contributed by atoms with Gasteiger partial charge in [0, 0.05) is 18.5 Å². The Labute approximate surface area is 79.6 Å². The standard InChI is InChI=1S/C11H17NO/c1-9-3-7-12(8-4-9)10(13)11(2)5-6-11/h3H,4-8H2,1-2H3. The number of hydrogen-bond acceptors (Lipinski definition) is 1. The maximum absolute atomic E-state index is 11.9. The number of hydrogen-bond donors (Lipinski definition) is 0. The molecule has 72 valence electrons. The molecule has 0 bridgehead atoms. The summed E-state index contributed by atoms with van der Waals surface area (Å²) in [6, 6.07) is 0. The number of amides is 1. The van der Waals surface area contributed by atoms with Crippen LogP contribution in [0.5, 0.6) is 0 Å². The maximum atomic E-state index is 11.9. The van der Waals surface area contributed by atoms with E-state index in [9.17, 15) is 4.79 Å². The Morgan fingerprint density at radius 1 is 1.54 bits per heavy atom. The van der Waals surface area contributed by atoms with Crippen molar-refractivity contribution in [3.05, 3.63) is 11.6 Å². The first-order valence-corrected chi connectivity index (χ1v) is 5.07. The number of nitrogens with zero attached hydrogens (tertiary/aromatic N) is 1. The van der Waals surface area contributed by atoms with Crippen LogP contribution in [0.3, 0.4) is 0 Å². The molecule has 2 heteroatoms. The Bertz CT molecular complexity index is 263. The molecule has 1 saturated carbocycles. The zero-order valence-electron chi connectivity index (χ0n) is 8.47. The topological polar surface area (TPSA) is 20.3 Å². The van der Waals surface area contributed by atoms with Crippen molar-refractivity contribution in [2.75, 3.05) is 13.1 Å². The van der Waals surface area contributed by atoms with Crippen LogP contribution in [0.1, 0.15) is 33.1 Å². The van der Waals surface area contributed by atoms with Gasteiger partial charge in [-0.1, -0.05) is 18.6 Å². The van der Waals surface area contributed by atoms with Crippen molar-refractivity contribution >= 4 is 5.91 Å². The van der Waals surface area contributed by atoms with Gasteiger partial charge in [-0.05, 0) is 26.2 Å². The third-order valence-electron chi connectivity index (χ3n) is 3.24. The van der Waals surface area contributed by atoms with Crippen molar-refractivity contribution in [1.29, 1.82) is 0 Å². The van der Waals surface area contributed by atoms with Crippen LogP contribution in [0.25, 0.3) is 0 Å². The summed E-state index contributed by atoms with van der Waals surface area (Å²) in [5.74, 6) is 0.372. The molecule has 0 aromatic heterocycles. The highest BCUT2D eigenvalue weighted by Gasteiger charge is 2.46. The van der Waals surface area contributed by atoms with Crippen LogP contribution in [0.2, 0.25) is 0 Å². The minimum absolute atomic E-state index is 0.0130. The van der Waals surface area contributed by atoms with Crippen LogP contribution in [0.4, 0.5) is 0 Å². The number of carbonyl (C=O) groups excluding carboxylic acids is 1. The summed E-state index contributed by atoms with van der Waals surface area (Å²) >= 11 is 0. The predicted octanol–water partition coefficient (Wildman–Crippen LogP) is 1.97. The van der Waals surface area contributed by atoms with Crippen LogP contribution in [0, 0.1) is 5.41 Å². The van der Waals surface area contributed by atoms with Crippen molar-refractivity contribution in [1.82, 2.24) is 4.90 Å². The summed E-state index contributed by atoms with van der Waals surface area (Å²) in [5, 5.41) is 0. The van der Waals surface area contributed by atoms with E-state index in [1.807, 2.05) is 4.90 Å². The molecule has 1 fully saturated rings. The molecule has 0 atom stereocenters. The number of carbonyl (C=O) groups is 1. The first-order valence-electron chi connectivity index (χ1n) is 5.07. The minimum Gasteiger partial charge on any atom is -0.338 e. The molecule has 1 heterocycles. The first-order chi connectivity index (χ1) is 6.12. The molecule has 2 aliphatic rings. The average molecular weight is 179 g/mol. The second-order valence-electron chi connectivity index (χ2n) is 4.61. The van der Waals surface area contributed by atoms with Gasteiger partial charge in [0.25, 0.3) is 0 Å². The van der Waals surface area contributed by atoms with Gasteiger partial charge < -0.3 is 4.90 Å². The summed E-state index contributed by atoms with van der Waals surface area (Å²) in [6.45, 7) is 5.98. The van der Waals surface area contributed by atoms with E-state index >= 15 is 0 Å². The lowest BCUT2D eigenvalue weighted by Gasteiger charge is -2.28. The highest BCUT2D eigenvalue weighted by molar-refractivity contribution is 5.85. The van der Waals surface area contributed by atoms with Crippen molar-refractivity contribution in [2.24, 2.45) is 5.41 Å². The Morgan fingerprint density at radius 3 is 2.69 bits per heavy atom. The molecule has 2 rings (SSSR count). The zero-order valence-corrected chi connectivity index (χ0v) is 8.47. The molecule has 1 amide bonds. The molecule has 0 aromatic rings. The van der Waals surface area contributed by atoms with Crippen molar-refractivity contribution in [3.63, 3.8) is 0 Å². The van der Waals surface area contributed by atoms with E-state index in [2.05, 4.69) is 19.9 Å². The van der Waals surface area contributed by atoms with Gasteiger partial charge in [0.1, 0.15) is 0 Å². The molecular formula is C11H17NO. The molecule has 0 saturated heterocycles. The molecule has 0 N–H and O–H groups in total. The molecule has 13 heavy (non-hydrogen) atoms. The van der Waals surface area contributed by atoms with Crippen molar-refractivity contribution in [3.8, 4) is 0 Å². The van der Waals surface area contributed by atoms with Gasteiger partial charge in [0.15, 0.2) is 0 Å². The van der Waals surface area contributed by atoms with E-state index in [4.69, 9.17) is 0 Å². The van der Waals surface area contributed by atoms with Crippen LogP contribution in [0.15, 0.2) is 11.6 Å². The highest BCUT2D eigenvalue weighted by Crippen LogP contribution is 2.46. The lowest BCUT2D eigenvalue weighted by molar-refractivity contribution is -0.136. The molecule has 1 aliphatic heterocycles. The van der Waals surface area contributed by atoms with Gasteiger partial charge in [0.05, 0.1) is 0 Å². The molecule has 0 aromatic carbocycles. The Balaban J connectivity index is 1.99. The van der Waals surface area contributed by atoms with Gasteiger partial charge >= 0.3 is 0 Å². The SMILES string of the molecule is CC1=CCN(C(=O)C2(C)CC2)CC1. The fourth-order valence-corrected chi connectivity index (χ4v) is 1.74. The maximum Gasteiger partial charge on any atom is 0.228 e. The predicted molar refractivity (Wildman–Crippen MR) is 52.3 cm³/mol. The van der Waals surface area contributed by atoms with Crippen molar-refractivity contribution in [2.45, 2.75) is 33.1 Å². The fraction of sp³-hybridized carbons (Fsp3) is 0.727. The van der Waals surface area contributed by atoms with E-state index in [1.165, 1.54) is 5.57 Å². The van der Waals surface area contributed by atoms with Gasteiger partial charge in [-0.3, -0.25) is 4.79 Å². The van der Waals surface area contributed by atoms with E-state index in [1.54, 1.807) is 0 Å². The fourth-order valence-electron chi connectivity index (χ4n) is 1.74. The molecule has 0 spiro atoms. The quantitative estimate of drug-likeness (QED) is 0.563. The van der Waals surface area contributed by atoms with Crippen molar-refractivity contribution < 1.29 is 4.79 Å². The third-order valence-corrected chi connectivity index (χ3v) is 3.24. The Kier molecular flexibility index (Phi) is 1.94. The molecular weight excluding hydrogens is 162 g/mol. The summed E-state index contributed by atoms with van der Waals surface area (Å²) in [7, 11) is 0. The van der Waals surface area contributed by atoms with Crippen LogP contribution < -0.4 is 0 Å². The van der Waals surface area contributed by atoms with Gasteiger partial charge in [-0.25, -0.2) is 0 Å². The third kappa shape index (κ3) is 1.62. The summed E-state index contributed by atoms with van der Waals surface area (Å²) in [4.78, 5) is 13.9. The summed E-state index contributed by atoms with van der Waals surface area (Å²) in [5.41, 5.74) is 1.43. The average Bonchev–Trinajstić information content (AvgIpc) is 2.85. The van der Waals surface area contributed by atoms with E-state index in [0.29, 0.717) is 5.91 Å². The highest BCUT2D eigenvalue weighted by atomic mass is 16.2. The largest absolute Gasteiger partial charge is 0.338 e. The second-order valence-corrected chi connectivity index (χ2v) is 4.61. The summed E-state index contributed by atoms with van der Waals surface area (Å²) in [6.07, 6.45) is 5.41. The monoisotopic (exact) mass is 179 g/mol. The van der Waals surface area contributed by atoms with Crippen LogP contribution in [-0.2, 0) is 4.79 Å². The van der Waals surface area contributed by atoms with Crippen LogP contribution in [-0.4, -0.2) is 23.9 Å².